The van der Waals surface area contributed by atoms with Crippen LogP contribution in [0.4, 0.5) is 13.2 Å². The molecule has 1 unspecified atom stereocenters. The molecule has 0 amide bonds. The van der Waals surface area contributed by atoms with Crippen LogP contribution >= 0.6 is 0 Å². The van der Waals surface area contributed by atoms with Crippen LogP contribution in [0, 0.1) is 11.3 Å². The molecule has 3 spiro atoms. The van der Waals surface area contributed by atoms with Crippen molar-refractivity contribution in [2.75, 3.05) is 13.2 Å². The molecule has 2 saturated heterocycles. The largest absolute Gasteiger partial charge is 0.534 e. The predicted molar refractivity (Wildman–Crippen MR) is 105 cm³/mol. The van der Waals surface area contributed by atoms with E-state index in [4.69, 9.17) is 14.2 Å². The van der Waals surface area contributed by atoms with E-state index in [9.17, 15) is 21.6 Å². The van der Waals surface area contributed by atoms with E-state index in [1.165, 1.54) is 11.6 Å². The average molecular weight is 474 g/mol. The Labute approximate surface area is 184 Å². The number of halogens is 3. The zero-order valence-corrected chi connectivity index (χ0v) is 18.5. The molecule has 32 heavy (non-hydrogen) atoms. The smallest absolute Gasteiger partial charge is 0.380 e. The number of hydrogen-bond acceptors (Lipinski definition) is 6. The van der Waals surface area contributed by atoms with Crippen molar-refractivity contribution in [3.63, 3.8) is 0 Å². The van der Waals surface area contributed by atoms with Crippen molar-refractivity contribution < 1.29 is 40.0 Å². The summed E-state index contributed by atoms with van der Waals surface area (Å²) < 4.78 is 85.9. The lowest BCUT2D eigenvalue weighted by atomic mass is 9.60. The fourth-order valence-electron chi connectivity index (χ4n) is 6.97. The molecule has 10 heteroatoms. The summed E-state index contributed by atoms with van der Waals surface area (Å²) in [5, 5.41) is 0. The molecule has 3 aliphatic heterocycles. The number of allylic oxidation sites excluding steroid dienone is 3. The van der Waals surface area contributed by atoms with Gasteiger partial charge in [0.15, 0.2) is 5.79 Å². The molecule has 1 saturated carbocycles. The van der Waals surface area contributed by atoms with Gasteiger partial charge in [0.1, 0.15) is 5.76 Å². The van der Waals surface area contributed by atoms with Gasteiger partial charge < -0.3 is 18.4 Å². The Kier molecular flexibility index (Phi) is 4.10. The Balaban J connectivity index is 1.35. The first-order valence-corrected chi connectivity index (χ1v) is 12.5. The Bertz CT molecular complexity index is 1070. The number of fused-ring (bicyclic) bond motifs is 1. The van der Waals surface area contributed by atoms with Crippen LogP contribution in [0.3, 0.4) is 0 Å². The maximum absolute atomic E-state index is 13.0. The highest BCUT2D eigenvalue weighted by molar-refractivity contribution is 7.87. The number of rotatable bonds is 2. The van der Waals surface area contributed by atoms with Crippen molar-refractivity contribution in [2.45, 2.75) is 74.4 Å². The maximum atomic E-state index is 13.0. The molecule has 0 aromatic carbocycles. The van der Waals surface area contributed by atoms with Gasteiger partial charge in [-0.2, -0.15) is 21.6 Å². The third-order valence-corrected chi connectivity index (χ3v) is 9.45. The van der Waals surface area contributed by atoms with Crippen LogP contribution in [0.5, 0.6) is 0 Å². The second kappa shape index (κ2) is 6.20. The minimum atomic E-state index is -5.73. The normalized spacial score (nSPS) is 42.0. The van der Waals surface area contributed by atoms with Crippen molar-refractivity contribution in [1.29, 1.82) is 0 Å². The molecule has 176 valence electrons. The van der Waals surface area contributed by atoms with E-state index in [0.29, 0.717) is 38.9 Å². The molecular weight excluding hydrogens is 449 g/mol. The molecule has 4 atom stereocenters. The van der Waals surface area contributed by atoms with Gasteiger partial charge in [-0.25, -0.2) is 0 Å². The number of ether oxygens (including phenoxy) is 3. The summed E-state index contributed by atoms with van der Waals surface area (Å²) in [5.74, 6) is -0.981. The summed E-state index contributed by atoms with van der Waals surface area (Å²) in [4.78, 5) is 0. The minimum absolute atomic E-state index is 0.133. The monoisotopic (exact) mass is 474 g/mol. The number of hydrogen-bond donors (Lipinski definition) is 0. The van der Waals surface area contributed by atoms with Gasteiger partial charge in [0.2, 0.25) is 0 Å². The molecule has 0 aromatic rings. The molecule has 0 aromatic heterocycles. The van der Waals surface area contributed by atoms with E-state index in [1.807, 2.05) is 6.08 Å². The third kappa shape index (κ3) is 2.61. The van der Waals surface area contributed by atoms with Gasteiger partial charge in [-0.05, 0) is 49.3 Å². The first-order valence-electron chi connectivity index (χ1n) is 11.1. The van der Waals surface area contributed by atoms with Gasteiger partial charge in [-0.15, -0.1) is 0 Å². The molecule has 6 nitrogen and oxygen atoms in total. The van der Waals surface area contributed by atoms with E-state index < -0.39 is 38.0 Å². The Morgan fingerprint density at radius 3 is 2.59 bits per heavy atom. The van der Waals surface area contributed by atoms with Crippen LogP contribution in [0.25, 0.3) is 0 Å². The van der Waals surface area contributed by atoms with Gasteiger partial charge in [0.05, 0.1) is 24.4 Å². The quantitative estimate of drug-likeness (QED) is 0.440. The molecule has 3 fully saturated rings. The summed E-state index contributed by atoms with van der Waals surface area (Å²) in [7, 11) is -5.73. The van der Waals surface area contributed by atoms with Crippen molar-refractivity contribution in [3.05, 3.63) is 35.1 Å². The molecule has 2 bridgehead atoms. The molecule has 0 radical (unpaired) electrons. The van der Waals surface area contributed by atoms with E-state index in [-0.39, 0.29) is 11.7 Å². The van der Waals surface area contributed by atoms with Crippen LogP contribution in [-0.4, -0.2) is 44.1 Å². The van der Waals surface area contributed by atoms with Crippen LogP contribution in [0.15, 0.2) is 35.1 Å². The van der Waals surface area contributed by atoms with Crippen LogP contribution in [-0.2, 0) is 28.5 Å². The van der Waals surface area contributed by atoms with E-state index in [1.54, 1.807) is 6.92 Å². The predicted octanol–water partition coefficient (Wildman–Crippen LogP) is 4.25. The standard InChI is InChI=1S/C22H25F3O6S/c1-18-6-4-15-12-14-5-7-20(28-10-11-29-20)13-19(14)8-9-21(15,31-19)16(18)2-3-17(18)30-32(26,27)22(23,24)25/h3-4,12,16H,2,5-11,13H2,1H3/t16-,18+,19-,21?/m1/s1. The Morgan fingerprint density at radius 2 is 1.88 bits per heavy atom. The SMILES string of the molecule is C[C@]12CC=C3C=C4CCC5(C[C@]46CCC3(O6)[C@@H]1CC=C2OS(=O)(=O)C(F)(F)F)OCCO5. The van der Waals surface area contributed by atoms with Gasteiger partial charge in [-0.1, -0.05) is 19.1 Å². The minimum Gasteiger partial charge on any atom is -0.380 e. The van der Waals surface area contributed by atoms with Crippen LogP contribution in [0.2, 0.25) is 0 Å². The molecule has 3 heterocycles. The van der Waals surface area contributed by atoms with Gasteiger partial charge in [0, 0.05) is 24.2 Å². The number of alkyl halides is 3. The second-order valence-electron chi connectivity index (χ2n) is 10.1. The Morgan fingerprint density at radius 1 is 1.12 bits per heavy atom. The lowest BCUT2D eigenvalue weighted by Gasteiger charge is -2.54. The Hall–Kier alpha value is -1.36. The van der Waals surface area contributed by atoms with Gasteiger partial charge in [0.25, 0.3) is 0 Å². The summed E-state index contributed by atoms with van der Waals surface area (Å²) in [5.41, 5.74) is -5.28. The zero-order chi connectivity index (χ0) is 22.6. The highest BCUT2D eigenvalue weighted by Gasteiger charge is 2.68. The highest BCUT2D eigenvalue weighted by Crippen LogP contribution is 2.67. The first-order chi connectivity index (χ1) is 14.9. The average Bonchev–Trinajstić information content (AvgIpc) is 3.37. The molecular formula is C22H25F3O6S. The highest BCUT2D eigenvalue weighted by atomic mass is 32.2. The summed E-state index contributed by atoms with van der Waals surface area (Å²) in [6.45, 7) is 2.90. The summed E-state index contributed by atoms with van der Waals surface area (Å²) in [6.07, 6.45) is 10.2. The fraction of sp³-hybridized carbons (Fsp3) is 0.727. The van der Waals surface area contributed by atoms with E-state index in [0.717, 1.165) is 24.8 Å². The molecule has 3 aliphatic carbocycles. The van der Waals surface area contributed by atoms with Crippen molar-refractivity contribution in [1.82, 2.24) is 0 Å². The van der Waals surface area contributed by atoms with E-state index >= 15 is 0 Å². The van der Waals surface area contributed by atoms with E-state index in [2.05, 4.69) is 10.3 Å². The molecule has 0 N–H and O–H groups in total. The van der Waals surface area contributed by atoms with Crippen molar-refractivity contribution in [3.8, 4) is 0 Å². The lowest BCUT2D eigenvalue weighted by molar-refractivity contribution is -0.226. The van der Waals surface area contributed by atoms with Gasteiger partial charge >= 0.3 is 15.6 Å². The fourth-order valence-corrected chi connectivity index (χ4v) is 7.56. The maximum Gasteiger partial charge on any atom is 0.534 e. The van der Waals surface area contributed by atoms with Crippen molar-refractivity contribution in [2.24, 2.45) is 11.3 Å². The topological polar surface area (TPSA) is 71.1 Å². The van der Waals surface area contributed by atoms with Gasteiger partial charge in [-0.3, -0.25) is 0 Å². The summed E-state index contributed by atoms with van der Waals surface area (Å²) in [6, 6.07) is 0. The van der Waals surface area contributed by atoms with Crippen molar-refractivity contribution >= 4 is 10.1 Å². The molecule has 6 aliphatic rings. The lowest BCUT2D eigenvalue weighted by Crippen LogP contribution is -2.56. The molecule has 6 rings (SSSR count). The van der Waals surface area contributed by atoms with Crippen LogP contribution in [0.1, 0.15) is 51.9 Å². The first kappa shape index (κ1) is 21.2. The second-order valence-corrected chi connectivity index (χ2v) is 11.6. The third-order valence-electron chi connectivity index (χ3n) is 8.49. The zero-order valence-electron chi connectivity index (χ0n) is 17.7. The van der Waals surface area contributed by atoms with Crippen LogP contribution < -0.4 is 0 Å². The summed E-state index contributed by atoms with van der Waals surface area (Å²) >= 11 is 0.